The Kier molecular flexibility index (Phi) is 6.76. The van der Waals surface area contributed by atoms with Gasteiger partial charge in [0.1, 0.15) is 0 Å². The number of rotatable bonds is 6. The molecule has 0 saturated carbocycles. The molecule has 0 aliphatic rings. The lowest BCUT2D eigenvalue weighted by Gasteiger charge is -2.12. The van der Waals surface area contributed by atoms with Crippen LogP contribution in [-0.2, 0) is 16.0 Å². The van der Waals surface area contributed by atoms with Gasteiger partial charge < -0.3 is 15.5 Å². The second kappa shape index (κ2) is 9.18. The molecule has 3 aromatic rings. The van der Waals surface area contributed by atoms with Gasteiger partial charge in [0.05, 0.1) is 28.4 Å². The number of hydrogen-bond acceptors (Lipinski definition) is 4. The summed E-state index contributed by atoms with van der Waals surface area (Å²) in [6, 6.07) is 6.17. The summed E-state index contributed by atoms with van der Waals surface area (Å²) in [4.78, 5) is 36.6. The van der Waals surface area contributed by atoms with Gasteiger partial charge in [-0.2, -0.15) is 0 Å². The number of aromatic nitrogens is 1. The molecule has 7 nitrogen and oxygen atoms in total. The number of carboxylic acids is 1. The van der Waals surface area contributed by atoms with Crippen LogP contribution < -0.4 is 5.32 Å². The summed E-state index contributed by atoms with van der Waals surface area (Å²) in [5, 5.41) is 21.6. The topological polar surface area (TPSA) is 109 Å². The zero-order chi connectivity index (χ0) is 23.7. The third kappa shape index (κ3) is 4.56. The van der Waals surface area contributed by atoms with Crippen LogP contribution in [0.5, 0.6) is 5.75 Å². The molecule has 3 rings (SSSR count). The highest BCUT2D eigenvalue weighted by Crippen LogP contribution is 2.34. The Hall–Kier alpha value is -3.10. The number of nitrogens with one attached hydrogen (secondary N) is 1. The van der Waals surface area contributed by atoms with E-state index in [2.05, 4.69) is 5.32 Å². The lowest BCUT2D eigenvalue weighted by Crippen LogP contribution is -2.35. The SMILES string of the molecule is Cc1c(CC(=O)NC(C)CC(=O)O)c2c(F)c(O)ccc2n1C(=O)c1ccc(Cl)c(Cl)c1. The molecular formula is C22H19Cl2FN2O5. The standard InChI is InChI=1S/C22H19Cl2FN2O5/c1-10(7-19(30)31)26-18(29)9-13-11(2)27(16-5-6-17(28)21(25)20(13)16)22(32)12-3-4-14(23)15(24)8-12/h3-6,8,10,28H,7,9H2,1-2H3,(H,26,29)(H,30,31). The number of phenolic OH excluding ortho intramolecular Hbond substituents is 1. The largest absolute Gasteiger partial charge is 0.505 e. The van der Waals surface area contributed by atoms with Gasteiger partial charge in [-0.1, -0.05) is 23.2 Å². The number of benzene rings is 2. The molecule has 1 heterocycles. The number of carboxylic acid groups (broad SMARTS) is 1. The van der Waals surface area contributed by atoms with Crippen molar-refractivity contribution in [1.82, 2.24) is 9.88 Å². The molecule has 1 atom stereocenters. The van der Waals surface area contributed by atoms with Crippen molar-refractivity contribution in [2.75, 3.05) is 0 Å². The van der Waals surface area contributed by atoms with Crippen LogP contribution in [0, 0.1) is 12.7 Å². The molecule has 1 amide bonds. The highest BCUT2D eigenvalue weighted by Gasteiger charge is 2.25. The number of hydrogen-bond donors (Lipinski definition) is 3. The van der Waals surface area contributed by atoms with E-state index in [1.807, 2.05) is 0 Å². The molecule has 2 aromatic carbocycles. The van der Waals surface area contributed by atoms with Crippen molar-refractivity contribution in [3.63, 3.8) is 0 Å². The zero-order valence-corrected chi connectivity index (χ0v) is 18.6. The van der Waals surface area contributed by atoms with Crippen molar-refractivity contribution in [1.29, 1.82) is 0 Å². The first-order valence-corrected chi connectivity index (χ1v) is 10.3. The first kappa shape index (κ1) is 23.6. The summed E-state index contributed by atoms with van der Waals surface area (Å²) in [7, 11) is 0. The normalized spacial score (nSPS) is 12.0. The van der Waals surface area contributed by atoms with Gasteiger partial charge in [0.2, 0.25) is 5.91 Å². The molecular weight excluding hydrogens is 462 g/mol. The number of carbonyl (C=O) groups is 3. The highest BCUT2D eigenvalue weighted by atomic mass is 35.5. The van der Waals surface area contributed by atoms with Gasteiger partial charge in [0.25, 0.3) is 5.91 Å². The van der Waals surface area contributed by atoms with Crippen molar-refractivity contribution in [2.24, 2.45) is 0 Å². The second-order valence-corrected chi connectivity index (χ2v) is 8.18. The van der Waals surface area contributed by atoms with Crippen molar-refractivity contribution >= 4 is 51.9 Å². The number of fused-ring (bicyclic) bond motifs is 1. The average Bonchev–Trinajstić information content (AvgIpc) is 2.97. The second-order valence-electron chi connectivity index (χ2n) is 7.37. The minimum absolute atomic E-state index is 0.0723. The smallest absolute Gasteiger partial charge is 0.305 e. The highest BCUT2D eigenvalue weighted by molar-refractivity contribution is 6.42. The van der Waals surface area contributed by atoms with E-state index in [4.69, 9.17) is 28.3 Å². The molecule has 0 radical (unpaired) electrons. The minimum atomic E-state index is -1.08. The van der Waals surface area contributed by atoms with Crippen molar-refractivity contribution in [3.05, 3.63) is 63.0 Å². The third-order valence-corrected chi connectivity index (χ3v) is 5.75. The summed E-state index contributed by atoms with van der Waals surface area (Å²) < 4.78 is 16.1. The van der Waals surface area contributed by atoms with Crippen molar-refractivity contribution in [2.45, 2.75) is 32.7 Å². The van der Waals surface area contributed by atoms with Crippen LogP contribution in [0.1, 0.15) is 35.0 Å². The number of nitrogens with zero attached hydrogens (tertiary/aromatic N) is 1. The number of amides is 1. The maximum absolute atomic E-state index is 14.9. The van der Waals surface area contributed by atoms with E-state index in [9.17, 15) is 23.9 Å². The molecule has 0 bridgehead atoms. The van der Waals surface area contributed by atoms with Gasteiger partial charge in [-0.3, -0.25) is 19.0 Å². The zero-order valence-electron chi connectivity index (χ0n) is 17.1. The van der Waals surface area contributed by atoms with Crippen LogP contribution in [0.2, 0.25) is 10.0 Å². The number of aliphatic carboxylic acids is 1. The van der Waals surface area contributed by atoms with Gasteiger partial charge in [-0.25, -0.2) is 4.39 Å². The van der Waals surface area contributed by atoms with Crippen LogP contribution >= 0.6 is 23.2 Å². The first-order chi connectivity index (χ1) is 15.0. The lowest BCUT2D eigenvalue weighted by molar-refractivity contribution is -0.137. The van der Waals surface area contributed by atoms with E-state index in [1.54, 1.807) is 6.92 Å². The molecule has 10 heteroatoms. The van der Waals surface area contributed by atoms with Crippen molar-refractivity contribution in [3.8, 4) is 5.75 Å². The summed E-state index contributed by atoms with van der Waals surface area (Å²) in [5.74, 6) is -3.74. The quantitative estimate of drug-likeness (QED) is 0.486. The predicted octanol–water partition coefficient (Wildman–Crippen LogP) is 4.31. The molecule has 168 valence electrons. The van der Waals surface area contributed by atoms with Crippen molar-refractivity contribution < 1.29 is 29.0 Å². The number of phenols is 1. The van der Waals surface area contributed by atoms with Gasteiger partial charge in [0.15, 0.2) is 11.6 Å². The Morgan fingerprint density at radius 2 is 1.84 bits per heavy atom. The van der Waals surface area contributed by atoms with Gasteiger partial charge >= 0.3 is 5.97 Å². The Bertz CT molecular complexity index is 1260. The molecule has 0 saturated heterocycles. The van der Waals surface area contributed by atoms with Crippen LogP contribution in [0.25, 0.3) is 10.9 Å². The average molecular weight is 481 g/mol. The molecule has 3 N–H and O–H groups in total. The molecule has 0 spiro atoms. The van der Waals surface area contributed by atoms with Gasteiger partial charge in [-0.15, -0.1) is 0 Å². The molecule has 1 unspecified atom stereocenters. The maximum atomic E-state index is 14.9. The molecule has 1 aromatic heterocycles. The monoisotopic (exact) mass is 480 g/mol. The minimum Gasteiger partial charge on any atom is -0.505 e. The Balaban J connectivity index is 2.09. The predicted molar refractivity (Wildman–Crippen MR) is 118 cm³/mol. The molecule has 32 heavy (non-hydrogen) atoms. The molecule has 0 aliphatic carbocycles. The fraction of sp³-hybridized carbons (Fsp3) is 0.227. The Morgan fingerprint density at radius 1 is 1.16 bits per heavy atom. The fourth-order valence-electron chi connectivity index (χ4n) is 3.56. The van der Waals surface area contributed by atoms with E-state index in [0.717, 1.165) is 6.07 Å². The first-order valence-electron chi connectivity index (χ1n) is 9.53. The summed E-state index contributed by atoms with van der Waals surface area (Å²) in [6.45, 7) is 3.08. The number of halogens is 3. The lowest BCUT2D eigenvalue weighted by atomic mass is 10.1. The van der Waals surface area contributed by atoms with Gasteiger partial charge in [-0.05, 0) is 49.7 Å². The summed E-state index contributed by atoms with van der Waals surface area (Å²) >= 11 is 11.9. The van der Waals surface area contributed by atoms with E-state index in [0.29, 0.717) is 5.69 Å². The van der Waals surface area contributed by atoms with E-state index in [1.165, 1.54) is 35.8 Å². The summed E-state index contributed by atoms with van der Waals surface area (Å²) in [5.41, 5.74) is 0.845. The third-order valence-electron chi connectivity index (χ3n) is 5.01. The van der Waals surface area contributed by atoms with E-state index >= 15 is 0 Å². The van der Waals surface area contributed by atoms with E-state index < -0.39 is 35.4 Å². The number of carbonyl (C=O) groups excluding carboxylic acids is 2. The number of aromatic hydroxyl groups is 1. The van der Waals surface area contributed by atoms with Crippen LogP contribution in [0.15, 0.2) is 30.3 Å². The molecule has 0 fully saturated rings. The van der Waals surface area contributed by atoms with Gasteiger partial charge in [0, 0.05) is 22.7 Å². The van der Waals surface area contributed by atoms with Crippen LogP contribution in [0.4, 0.5) is 4.39 Å². The fourth-order valence-corrected chi connectivity index (χ4v) is 3.86. The Labute approximate surface area is 192 Å². The molecule has 0 aliphatic heterocycles. The van der Waals surface area contributed by atoms with Crippen LogP contribution in [0.3, 0.4) is 0 Å². The Morgan fingerprint density at radius 3 is 2.47 bits per heavy atom. The van der Waals surface area contributed by atoms with E-state index in [-0.39, 0.29) is 44.9 Å². The summed E-state index contributed by atoms with van der Waals surface area (Å²) in [6.07, 6.45) is -0.605. The van der Waals surface area contributed by atoms with Crippen LogP contribution in [-0.4, -0.2) is 38.6 Å². The maximum Gasteiger partial charge on any atom is 0.305 e.